The molecule has 0 atom stereocenters. The summed E-state index contributed by atoms with van der Waals surface area (Å²) in [5.41, 5.74) is 0.781. The second kappa shape index (κ2) is 4.33. The Balaban J connectivity index is 3.50. The molecule has 0 amide bonds. The lowest BCUT2D eigenvalue weighted by Crippen LogP contribution is -2.28. The Morgan fingerprint density at radius 1 is 1.70 bits per heavy atom. The van der Waals surface area contributed by atoms with Crippen LogP contribution in [-0.4, -0.2) is 18.0 Å². The summed E-state index contributed by atoms with van der Waals surface area (Å²) in [5.74, 6) is 0. The predicted octanol–water partition coefficient (Wildman–Crippen LogP) is 1.74. The molecule has 1 nitrogen and oxygen atoms in total. The van der Waals surface area contributed by atoms with E-state index < -0.39 is 11.4 Å². The van der Waals surface area contributed by atoms with Gasteiger partial charge in [-0.3, -0.25) is 0 Å². The second-order valence-electron chi connectivity index (χ2n) is 1.98. The van der Waals surface area contributed by atoms with Crippen LogP contribution < -0.4 is 5.32 Å². The van der Waals surface area contributed by atoms with Crippen LogP contribution in [-0.2, 0) is 0 Å². The molecule has 10 heavy (non-hydrogen) atoms. The van der Waals surface area contributed by atoms with E-state index in [1.807, 2.05) is 0 Å². The van der Waals surface area contributed by atoms with Crippen molar-refractivity contribution in [2.24, 2.45) is 0 Å². The first kappa shape index (κ1) is 9.49. The predicted molar refractivity (Wildman–Crippen MR) is 41.4 cm³/mol. The summed E-state index contributed by atoms with van der Waals surface area (Å²) in [5, 5.41) is 2.36. The van der Waals surface area contributed by atoms with Gasteiger partial charge >= 0.3 is 0 Å². The van der Waals surface area contributed by atoms with Crippen LogP contribution in [0, 0.1) is 0 Å². The zero-order valence-electron chi connectivity index (χ0n) is 5.66. The van der Waals surface area contributed by atoms with Crippen LogP contribution in [0.1, 0.15) is 6.92 Å². The van der Waals surface area contributed by atoms with Crippen molar-refractivity contribution >= 4 is 17.2 Å². The lowest BCUT2D eigenvalue weighted by molar-refractivity contribution is 0.224. The van der Waals surface area contributed by atoms with Crippen molar-refractivity contribution in [3.63, 3.8) is 0 Å². The first-order chi connectivity index (χ1) is 4.54. The molecule has 0 fully saturated rings. The van der Waals surface area contributed by atoms with E-state index >= 15 is 0 Å². The fourth-order valence-corrected chi connectivity index (χ4v) is 0.387. The molecule has 0 aromatic rings. The number of halogens is 2. The molecule has 0 rings (SSSR count). The summed E-state index contributed by atoms with van der Waals surface area (Å²) in [6, 6.07) is 0. The van der Waals surface area contributed by atoms with Gasteiger partial charge in [0.1, 0.15) is 4.99 Å². The highest BCUT2D eigenvalue weighted by atomic mass is 32.1. The molecule has 0 aliphatic carbocycles. The molecule has 1 N–H and O–H groups in total. The quantitative estimate of drug-likeness (QED) is 0.505. The van der Waals surface area contributed by atoms with E-state index in [1.54, 1.807) is 6.92 Å². The van der Waals surface area contributed by atoms with Gasteiger partial charge in [0.2, 0.25) is 0 Å². The monoisotopic (exact) mass is 165 g/mol. The van der Waals surface area contributed by atoms with E-state index in [0.29, 0.717) is 6.54 Å². The Kier molecular flexibility index (Phi) is 4.11. The average molecular weight is 165 g/mol. The van der Waals surface area contributed by atoms with Gasteiger partial charge in [0.05, 0.1) is 0 Å². The standard InChI is InChI=1S/C6H9F2NS/c1-4(2)3-9-6(10)5(7)8/h5H,1,3H2,2H3,(H,9,10). The number of hydrogen-bond acceptors (Lipinski definition) is 1. The van der Waals surface area contributed by atoms with Gasteiger partial charge in [-0.15, -0.1) is 0 Å². The molecule has 0 aliphatic heterocycles. The number of thiocarbonyl (C=S) groups is 1. The van der Waals surface area contributed by atoms with Crippen molar-refractivity contribution in [2.45, 2.75) is 13.3 Å². The van der Waals surface area contributed by atoms with E-state index in [-0.39, 0.29) is 0 Å². The van der Waals surface area contributed by atoms with Gasteiger partial charge in [0.25, 0.3) is 6.43 Å². The van der Waals surface area contributed by atoms with Crippen LogP contribution in [0.3, 0.4) is 0 Å². The topological polar surface area (TPSA) is 12.0 Å². The van der Waals surface area contributed by atoms with Crippen LogP contribution in [0.25, 0.3) is 0 Å². The fourth-order valence-electron chi connectivity index (χ4n) is 0.315. The molecule has 0 aromatic heterocycles. The summed E-state index contributed by atoms with van der Waals surface area (Å²) < 4.78 is 23.3. The van der Waals surface area contributed by atoms with E-state index in [9.17, 15) is 8.78 Å². The van der Waals surface area contributed by atoms with Crippen molar-refractivity contribution in [1.29, 1.82) is 0 Å². The number of hydrogen-bond donors (Lipinski definition) is 1. The maximum absolute atomic E-state index is 11.6. The van der Waals surface area contributed by atoms with Gasteiger partial charge in [-0.25, -0.2) is 8.78 Å². The van der Waals surface area contributed by atoms with Crippen LogP contribution in [0.15, 0.2) is 12.2 Å². The minimum Gasteiger partial charge on any atom is -0.371 e. The van der Waals surface area contributed by atoms with Gasteiger partial charge in [0, 0.05) is 6.54 Å². The molecular formula is C6H9F2NS. The average Bonchev–Trinajstić information content (AvgIpc) is 1.82. The highest BCUT2D eigenvalue weighted by Crippen LogP contribution is 1.94. The third kappa shape index (κ3) is 4.38. The SMILES string of the molecule is C=C(C)CNC(=S)C(F)F. The molecule has 0 aromatic carbocycles. The fraction of sp³-hybridized carbons (Fsp3) is 0.500. The zero-order valence-corrected chi connectivity index (χ0v) is 6.47. The minimum absolute atomic E-state index is 0.323. The van der Waals surface area contributed by atoms with Crippen LogP contribution >= 0.6 is 12.2 Å². The smallest absolute Gasteiger partial charge is 0.288 e. The number of rotatable bonds is 3. The van der Waals surface area contributed by atoms with Crippen LogP contribution in [0.5, 0.6) is 0 Å². The largest absolute Gasteiger partial charge is 0.371 e. The van der Waals surface area contributed by atoms with Gasteiger partial charge in [-0.05, 0) is 6.92 Å². The summed E-state index contributed by atoms with van der Waals surface area (Å²) >= 11 is 4.29. The van der Waals surface area contributed by atoms with Gasteiger partial charge in [0.15, 0.2) is 0 Å². The normalized spacial score (nSPS) is 9.60. The van der Waals surface area contributed by atoms with Crippen molar-refractivity contribution in [3.05, 3.63) is 12.2 Å². The number of nitrogens with one attached hydrogen (secondary N) is 1. The Bertz CT molecular complexity index is 145. The van der Waals surface area contributed by atoms with Crippen molar-refractivity contribution < 1.29 is 8.78 Å². The summed E-state index contributed by atoms with van der Waals surface area (Å²) in [7, 11) is 0. The van der Waals surface area contributed by atoms with Crippen LogP contribution in [0.2, 0.25) is 0 Å². The maximum Gasteiger partial charge on any atom is 0.288 e. The molecule has 0 radical (unpaired) electrons. The summed E-state index contributed by atoms with van der Waals surface area (Å²) in [6.07, 6.45) is -2.56. The number of alkyl halides is 2. The molecule has 58 valence electrons. The zero-order chi connectivity index (χ0) is 8.15. The van der Waals surface area contributed by atoms with Crippen molar-refractivity contribution in [3.8, 4) is 0 Å². The first-order valence-electron chi connectivity index (χ1n) is 2.74. The van der Waals surface area contributed by atoms with Crippen LogP contribution in [0.4, 0.5) is 8.78 Å². The first-order valence-corrected chi connectivity index (χ1v) is 3.15. The highest BCUT2D eigenvalue weighted by Gasteiger charge is 2.08. The molecule has 0 bridgehead atoms. The van der Waals surface area contributed by atoms with E-state index in [2.05, 4.69) is 24.1 Å². The van der Waals surface area contributed by atoms with E-state index in [0.717, 1.165) is 5.57 Å². The van der Waals surface area contributed by atoms with E-state index in [1.165, 1.54) is 0 Å². The molecule has 0 unspecified atom stereocenters. The Hall–Kier alpha value is -0.510. The van der Waals surface area contributed by atoms with Gasteiger partial charge in [-0.2, -0.15) is 0 Å². The third-order valence-corrected chi connectivity index (χ3v) is 1.09. The lowest BCUT2D eigenvalue weighted by Gasteiger charge is -2.04. The van der Waals surface area contributed by atoms with Crippen molar-refractivity contribution in [1.82, 2.24) is 5.32 Å². The third-order valence-electron chi connectivity index (χ3n) is 0.763. The van der Waals surface area contributed by atoms with E-state index in [4.69, 9.17) is 0 Å². The maximum atomic E-state index is 11.6. The van der Waals surface area contributed by atoms with Gasteiger partial charge in [-0.1, -0.05) is 24.4 Å². The molecule has 0 aliphatic rings. The second-order valence-corrected chi connectivity index (χ2v) is 2.42. The van der Waals surface area contributed by atoms with Gasteiger partial charge < -0.3 is 5.32 Å². The Morgan fingerprint density at radius 2 is 2.20 bits per heavy atom. The molecule has 0 heterocycles. The minimum atomic E-state index is -2.56. The Labute approximate surface area is 64.1 Å². The lowest BCUT2D eigenvalue weighted by atomic mass is 10.3. The Morgan fingerprint density at radius 3 is 2.50 bits per heavy atom. The molecule has 4 heteroatoms. The molecule has 0 saturated carbocycles. The molecule has 0 spiro atoms. The molecule has 0 saturated heterocycles. The summed E-state index contributed by atoms with van der Waals surface area (Å²) in [6.45, 7) is 5.58. The highest BCUT2D eigenvalue weighted by molar-refractivity contribution is 7.80. The molecular weight excluding hydrogens is 156 g/mol. The van der Waals surface area contributed by atoms with Crippen molar-refractivity contribution in [2.75, 3.05) is 6.54 Å². The summed E-state index contributed by atoms with van der Waals surface area (Å²) in [4.78, 5) is -0.414.